The van der Waals surface area contributed by atoms with Crippen LogP contribution < -0.4 is 0 Å². The quantitative estimate of drug-likeness (QED) is 0.250. The van der Waals surface area contributed by atoms with Crippen LogP contribution in [0.4, 0.5) is 5.69 Å². The van der Waals surface area contributed by atoms with Crippen LogP contribution in [0.5, 0.6) is 5.88 Å². The van der Waals surface area contributed by atoms with E-state index in [4.69, 9.17) is 4.99 Å². The summed E-state index contributed by atoms with van der Waals surface area (Å²) in [5.41, 5.74) is 5.58. The van der Waals surface area contributed by atoms with Gasteiger partial charge >= 0.3 is 0 Å². The summed E-state index contributed by atoms with van der Waals surface area (Å²) in [6, 6.07) is 24.8. The summed E-state index contributed by atoms with van der Waals surface area (Å²) in [6.07, 6.45) is 6.01. The molecular formula is C28H29N3OS. The first-order valence-electron chi connectivity index (χ1n) is 11.6. The monoisotopic (exact) mass is 455 g/mol. The maximum Gasteiger partial charge on any atom is 0.199 e. The highest BCUT2D eigenvalue weighted by atomic mass is 32.2. The number of likely N-dealkylation sites (tertiary alicyclic amines) is 1. The number of H-pyrrole nitrogens is 1. The van der Waals surface area contributed by atoms with Crippen molar-refractivity contribution in [1.82, 2.24) is 9.88 Å². The van der Waals surface area contributed by atoms with Gasteiger partial charge in [-0.3, -0.25) is 4.90 Å². The van der Waals surface area contributed by atoms with Crippen LogP contribution in [0.2, 0.25) is 0 Å². The topological polar surface area (TPSA) is 51.6 Å². The summed E-state index contributed by atoms with van der Waals surface area (Å²) in [7, 11) is 0. The number of aliphatic imine (C=N–C) groups is 1. The number of hydrogen-bond acceptors (Lipinski definition) is 4. The van der Waals surface area contributed by atoms with Gasteiger partial charge in [-0.05, 0) is 68.1 Å². The molecule has 1 saturated heterocycles. The van der Waals surface area contributed by atoms with E-state index in [1.54, 1.807) is 11.8 Å². The number of fused-ring (bicyclic) bond motifs is 1. The molecule has 0 aliphatic carbocycles. The fraction of sp³-hybridized carbons (Fsp3) is 0.250. The van der Waals surface area contributed by atoms with Gasteiger partial charge in [0.2, 0.25) is 0 Å². The van der Waals surface area contributed by atoms with Crippen LogP contribution in [0, 0.1) is 0 Å². The van der Waals surface area contributed by atoms with Crippen molar-refractivity contribution >= 4 is 34.1 Å². The van der Waals surface area contributed by atoms with Gasteiger partial charge in [0.15, 0.2) is 5.88 Å². The van der Waals surface area contributed by atoms with E-state index in [9.17, 15) is 5.11 Å². The highest BCUT2D eigenvalue weighted by Crippen LogP contribution is 2.33. The van der Waals surface area contributed by atoms with Crippen molar-refractivity contribution in [2.24, 2.45) is 4.99 Å². The van der Waals surface area contributed by atoms with Gasteiger partial charge in [0, 0.05) is 27.9 Å². The van der Waals surface area contributed by atoms with Gasteiger partial charge in [-0.15, -0.1) is 11.8 Å². The number of hydrogen-bond donors (Lipinski definition) is 2. The largest absolute Gasteiger partial charge is 0.494 e. The molecule has 0 bridgehead atoms. The predicted octanol–water partition coefficient (Wildman–Crippen LogP) is 6.75. The molecule has 0 atom stereocenters. The van der Waals surface area contributed by atoms with Crippen LogP contribution in [0.3, 0.4) is 0 Å². The Kier molecular flexibility index (Phi) is 6.51. The zero-order valence-corrected chi connectivity index (χ0v) is 19.7. The van der Waals surface area contributed by atoms with E-state index in [0.717, 1.165) is 44.9 Å². The molecule has 3 aromatic carbocycles. The molecule has 2 heterocycles. The van der Waals surface area contributed by atoms with Crippen molar-refractivity contribution < 1.29 is 5.11 Å². The zero-order valence-electron chi connectivity index (χ0n) is 18.9. The first kappa shape index (κ1) is 21.8. The molecule has 1 aliphatic rings. The molecule has 1 aliphatic heterocycles. The molecule has 0 radical (unpaired) electrons. The first-order chi connectivity index (χ1) is 16.2. The predicted molar refractivity (Wildman–Crippen MR) is 139 cm³/mol. The van der Waals surface area contributed by atoms with Crippen LogP contribution in [0.15, 0.2) is 82.7 Å². The van der Waals surface area contributed by atoms with Gasteiger partial charge < -0.3 is 10.1 Å². The molecule has 4 nitrogen and oxygen atoms in total. The van der Waals surface area contributed by atoms with Gasteiger partial charge in [0.05, 0.1) is 17.0 Å². The van der Waals surface area contributed by atoms with Gasteiger partial charge in [-0.1, -0.05) is 48.9 Å². The van der Waals surface area contributed by atoms with Crippen molar-refractivity contribution in [3.05, 3.63) is 89.5 Å². The van der Waals surface area contributed by atoms with E-state index in [-0.39, 0.29) is 5.88 Å². The minimum absolute atomic E-state index is 0.146. The number of aromatic nitrogens is 1. The minimum Gasteiger partial charge on any atom is -0.494 e. The number of thioether (sulfide) groups is 1. The van der Waals surface area contributed by atoms with Gasteiger partial charge in [0.25, 0.3) is 0 Å². The molecule has 4 aromatic rings. The standard InChI is InChI=1S/C28H29N3OS/c1-33-23-14-15-25-24(18-23)26(28(32)30-25)27(21-8-4-2-5-9-21)29-22-12-10-20(11-13-22)19-31-16-6-3-7-17-31/h2,4-5,8-15,18,30,32H,3,6-7,16-17,19H2,1H3. The fourth-order valence-electron chi connectivity index (χ4n) is 4.57. The number of nitrogens with one attached hydrogen (secondary N) is 1. The lowest BCUT2D eigenvalue weighted by atomic mass is 10.0. The van der Waals surface area contributed by atoms with Crippen molar-refractivity contribution in [3.63, 3.8) is 0 Å². The molecule has 0 amide bonds. The van der Waals surface area contributed by atoms with Crippen LogP contribution >= 0.6 is 11.8 Å². The molecular weight excluding hydrogens is 426 g/mol. The van der Waals surface area contributed by atoms with Crippen LogP contribution in [0.1, 0.15) is 36.0 Å². The maximum atomic E-state index is 10.9. The molecule has 1 aromatic heterocycles. The van der Waals surface area contributed by atoms with Gasteiger partial charge in [-0.2, -0.15) is 0 Å². The summed E-state index contributed by atoms with van der Waals surface area (Å²) in [6.45, 7) is 3.38. The molecule has 33 heavy (non-hydrogen) atoms. The average molecular weight is 456 g/mol. The highest BCUT2D eigenvalue weighted by Gasteiger charge is 2.19. The van der Waals surface area contributed by atoms with E-state index >= 15 is 0 Å². The van der Waals surface area contributed by atoms with Crippen molar-refractivity contribution in [2.45, 2.75) is 30.7 Å². The Bertz CT molecular complexity index is 1260. The zero-order chi connectivity index (χ0) is 22.6. The number of rotatable bonds is 6. The van der Waals surface area contributed by atoms with E-state index in [2.05, 4.69) is 52.5 Å². The minimum atomic E-state index is 0.146. The Morgan fingerprint density at radius 1 is 0.970 bits per heavy atom. The second-order valence-corrected chi connectivity index (χ2v) is 9.47. The summed E-state index contributed by atoms with van der Waals surface area (Å²) in [5, 5.41) is 11.9. The summed E-state index contributed by atoms with van der Waals surface area (Å²) in [4.78, 5) is 11.9. The average Bonchev–Trinajstić information content (AvgIpc) is 3.19. The van der Waals surface area contributed by atoms with Crippen LogP contribution in [-0.4, -0.2) is 40.0 Å². The summed E-state index contributed by atoms with van der Waals surface area (Å²) < 4.78 is 0. The van der Waals surface area contributed by atoms with Crippen LogP contribution in [0.25, 0.3) is 10.9 Å². The molecule has 0 spiro atoms. The molecule has 0 saturated carbocycles. The van der Waals surface area contributed by atoms with Crippen molar-refractivity contribution in [2.75, 3.05) is 19.3 Å². The fourth-order valence-corrected chi connectivity index (χ4v) is 5.00. The van der Waals surface area contributed by atoms with Crippen molar-refractivity contribution in [1.29, 1.82) is 0 Å². The van der Waals surface area contributed by atoms with E-state index in [1.807, 2.05) is 36.4 Å². The Hall–Kier alpha value is -3.02. The third-order valence-electron chi connectivity index (χ3n) is 6.30. The Morgan fingerprint density at radius 2 is 1.73 bits per heavy atom. The first-order valence-corrected chi connectivity index (χ1v) is 12.8. The van der Waals surface area contributed by atoms with E-state index in [1.165, 1.54) is 37.9 Å². The molecule has 168 valence electrons. The lowest BCUT2D eigenvalue weighted by Crippen LogP contribution is -2.28. The highest BCUT2D eigenvalue weighted by molar-refractivity contribution is 7.98. The van der Waals surface area contributed by atoms with E-state index in [0.29, 0.717) is 0 Å². The SMILES string of the molecule is CSc1ccc2[nH]c(O)c(C(=Nc3ccc(CN4CCCCC4)cc3)c3ccccc3)c2c1. The Balaban J connectivity index is 1.54. The second-order valence-electron chi connectivity index (χ2n) is 8.59. The summed E-state index contributed by atoms with van der Waals surface area (Å²) in [5.74, 6) is 0.146. The van der Waals surface area contributed by atoms with Gasteiger partial charge in [0.1, 0.15) is 0 Å². The number of nitrogens with zero attached hydrogens (tertiary/aromatic N) is 2. The third kappa shape index (κ3) is 4.85. The maximum absolute atomic E-state index is 10.9. The van der Waals surface area contributed by atoms with E-state index < -0.39 is 0 Å². The van der Waals surface area contributed by atoms with Gasteiger partial charge in [-0.25, -0.2) is 4.99 Å². The normalized spacial score (nSPS) is 15.2. The second kappa shape index (κ2) is 9.86. The Labute approximate surface area is 199 Å². The number of piperidine rings is 1. The lowest BCUT2D eigenvalue weighted by Gasteiger charge is -2.26. The summed E-state index contributed by atoms with van der Waals surface area (Å²) >= 11 is 1.69. The smallest absolute Gasteiger partial charge is 0.199 e. The molecule has 1 fully saturated rings. The molecule has 5 rings (SSSR count). The number of aromatic amines is 1. The number of benzene rings is 3. The Morgan fingerprint density at radius 3 is 2.45 bits per heavy atom. The molecule has 0 unspecified atom stereocenters. The third-order valence-corrected chi connectivity index (χ3v) is 7.03. The van der Waals surface area contributed by atoms with Crippen LogP contribution in [-0.2, 0) is 6.54 Å². The lowest BCUT2D eigenvalue weighted by molar-refractivity contribution is 0.221. The van der Waals surface area contributed by atoms with Crippen molar-refractivity contribution in [3.8, 4) is 5.88 Å². The molecule has 5 heteroatoms. The molecule has 2 N–H and O–H groups in total. The number of aromatic hydroxyl groups is 1.